The second-order valence-corrected chi connectivity index (χ2v) is 7.63. The number of aromatic nitrogens is 3. The van der Waals surface area contributed by atoms with Gasteiger partial charge in [-0.2, -0.15) is 5.10 Å². The summed E-state index contributed by atoms with van der Waals surface area (Å²) in [5.41, 5.74) is 2.72. The van der Waals surface area contributed by atoms with Crippen LogP contribution in [0.25, 0.3) is 11.0 Å². The number of carbonyl (C=O) groups excluding carboxylic acids is 1. The molecule has 5 heteroatoms. The number of likely N-dealkylation sites (tertiary alicyclic amines) is 1. The molecule has 24 heavy (non-hydrogen) atoms. The summed E-state index contributed by atoms with van der Waals surface area (Å²) in [5, 5.41) is 5.41. The summed E-state index contributed by atoms with van der Waals surface area (Å²) in [7, 11) is 0. The average molecular weight is 326 g/mol. The summed E-state index contributed by atoms with van der Waals surface area (Å²) in [5.74, 6) is 0.676. The highest BCUT2D eigenvalue weighted by Crippen LogP contribution is 2.40. The molecule has 1 saturated carbocycles. The standard InChI is InChI=1S/C19H26N4O/c1-12(2)23-18-16(11-20-23)15(10-17(21-18)14-7-8-14)19(24)22-9-5-4-6-13(22)3/h10-14H,4-9H2,1-3H3. The topological polar surface area (TPSA) is 51.0 Å². The fraction of sp³-hybridized carbons (Fsp3) is 0.632. The molecule has 0 spiro atoms. The summed E-state index contributed by atoms with van der Waals surface area (Å²) >= 11 is 0. The van der Waals surface area contributed by atoms with Gasteiger partial charge >= 0.3 is 0 Å². The van der Waals surface area contributed by atoms with Crippen molar-refractivity contribution in [2.24, 2.45) is 0 Å². The van der Waals surface area contributed by atoms with Crippen LogP contribution in [0.3, 0.4) is 0 Å². The van der Waals surface area contributed by atoms with Gasteiger partial charge in [0.2, 0.25) is 0 Å². The van der Waals surface area contributed by atoms with Crippen molar-refractivity contribution in [3.05, 3.63) is 23.5 Å². The highest BCUT2D eigenvalue weighted by molar-refractivity contribution is 6.05. The molecule has 128 valence electrons. The third-order valence-electron chi connectivity index (χ3n) is 5.37. The average Bonchev–Trinajstić information content (AvgIpc) is 3.32. The van der Waals surface area contributed by atoms with Gasteiger partial charge < -0.3 is 4.90 Å². The molecule has 0 N–H and O–H groups in total. The molecule has 1 amide bonds. The minimum Gasteiger partial charge on any atom is -0.336 e. The van der Waals surface area contributed by atoms with Crippen molar-refractivity contribution in [2.75, 3.05) is 6.54 Å². The van der Waals surface area contributed by atoms with Crippen LogP contribution < -0.4 is 0 Å². The Labute approximate surface area is 143 Å². The van der Waals surface area contributed by atoms with Crippen molar-refractivity contribution >= 4 is 16.9 Å². The fourth-order valence-corrected chi connectivity index (χ4v) is 3.74. The second-order valence-electron chi connectivity index (χ2n) is 7.63. The Hall–Kier alpha value is -1.91. The summed E-state index contributed by atoms with van der Waals surface area (Å²) < 4.78 is 1.94. The maximum absolute atomic E-state index is 13.3. The van der Waals surface area contributed by atoms with Crippen LogP contribution in [0.2, 0.25) is 0 Å². The van der Waals surface area contributed by atoms with Crippen molar-refractivity contribution in [3.63, 3.8) is 0 Å². The largest absolute Gasteiger partial charge is 0.336 e. The predicted octanol–water partition coefficient (Wildman–Crippen LogP) is 3.90. The first-order valence-electron chi connectivity index (χ1n) is 9.25. The van der Waals surface area contributed by atoms with E-state index in [-0.39, 0.29) is 11.9 Å². The fourth-order valence-electron chi connectivity index (χ4n) is 3.74. The molecule has 1 atom stereocenters. The van der Waals surface area contributed by atoms with Crippen LogP contribution in [0.15, 0.2) is 12.3 Å². The lowest BCUT2D eigenvalue weighted by Crippen LogP contribution is -2.42. The highest BCUT2D eigenvalue weighted by atomic mass is 16.2. The van der Waals surface area contributed by atoms with E-state index in [0.29, 0.717) is 12.0 Å². The number of piperidine rings is 1. The number of nitrogens with zero attached hydrogens (tertiary/aromatic N) is 4. The van der Waals surface area contributed by atoms with Gasteiger partial charge in [-0.05, 0) is 58.9 Å². The van der Waals surface area contributed by atoms with Gasteiger partial charge in [0.15, 0.2) is 5.65 Å². The molecule has 1 aliphatic heterocycles. The van der Waals surface area contributed by atoms with E-state index in [9.17, 15) is 4.79 Å². The van der Waals surface area contributed by atoms with E-state index in [2.05, 4.69) is 25.9 Å². The van der Waals surface area contributed by atoms with Crippen molar-refractivity contribution in [2.45, 2.75) is 70.9 Å². The Balaban J connectivity index is 1.82. The minimum atomic E-state index is 0.153. The number of hydrogen-bond acceptors (Lipinski definition) is 3. The predicted molar refractivity (Wildman–Crippen MR) is 94.2 cm³/mol. The summed E-state index contributed by atoms with van der Waals surface area (Å²) in [6, 6.07) is 2.59. The normalized spacial score (nSPS) is 21.7. The van der Waals surface area contributed by atoms with Crippen LogP contribution >= 0.6 is 0 Å². The summed E-state index contributed by atoms with van der Waals surface area (Å²) in [6.45, 7) is 7.23. The molecule has 0 aromatic carbocycles. The van der Waals surface area contributed by atoms with Crippen molar-refractivity contribution in [1.82, 2.24) is 19.7 Å². The Morgan fingerprint density at radius 3 is 2.71 bits per heavy atom. The molecule has 1 aliphatic carbocycles. The van der Waals surface area contributed by atoms with E-state index in [4.69, 9.17) is 4.98 Å². The molecule has 2 aliphatic rings. The molecule has 2 aromatic rings. The van der Waals surface area contributed by atoms with E-state index in [1.54, 1.807) is 0 Å². The van der Waals surface area contributed by atoms with Crippen LogP contribution in [0.5, 0.6) is 0 Å². The van der Waals surface area contributed by atoms with Crippen molar-refractivity contribution < 1.29 is 4.79 Å². The smallest absolute Gasteiger partial charge is 0.254 e. The molecule has 1 saturated heterocycles. The van der Waals surface area contributed by atoms with Crippen LogP contribution in [-0.2, 0) is 0 Å². The molecule has 3 heterocycles. The Bertz CT molecular complexity index is 775. The molecule has 1 unspecified atom stereocenters. The molecule has 4 rings (SSSR count). The summed E-state index contributed by atoms with van der Waals surface area (Å²) in [6.07, 6.45) is 7.60. The zero-order chi connectivity index (χ0) is 16.8. The lowest BCUT2D eigenvalue weighted by Gasteiger charge is -2.33. The maximum atomic E-state index is 13.3. The number of fused-ring (bicyclic) bond motifs is 1. The molecule has 2 aromatic heterocycles. The molecule has 5 nitrogen and oxygen atoms in total. The van der Waals surface area contributed by atoms with E-state index < -0.39 is 0 Å². The van der Waals surface area contributed by atoms with E-state index >= 15 is 0 Å². The van der Waals surface area contributed by atoms with Crippen LogP contribution in [0.4, 0.5) is 0 Å². The molecule has 0 radical (unpaired) electrons. The van der Waals surface area contributed by atoms with Crippen LogP contribution in [0, 0.1) is 0 Å². The third kappa shape index (κ3) is 2.60. The van der Waals surface area contributed by atoms with E-state index in [1.807, 2.05) is 21.8 Å². The zero-order valence-electron chi connectivity index (χ0n) is 14.8. The molecular weight excluding hydrogens is 300 g/mol. The molecular formula is C19H26N4O. The van der Waals surface area contributed by atoms with Crippen LogP contribution in [0.1, 0.15) is 80.9 Å². The lowest BCUT2D eigenvalue weighted by molar-refractivity contribution is 0.0637. The van der Waals surface area contributed by atoms with E-state index in [1.165, 1.54) is 19.3 Å². The minimum absolute atomic E-state index is 0.153. The van der Waals surface area contributed by atoms with E-state index in [0.717, 1.165) is 41.7 Å². The lowest BCUT2D eigenvalue weighted by atomic mass is 10.0. The first-order valence-corrected chi connectivity index (χ1v) is 9.25. The van der Waals surface area contributed by atoms with Gasteiger partial charge in [0.25, 0.3) is 5.91 Å². The highest BCUT2D eigenvalue weighted by Gasteiger charge is 2.31. The molecule has 2 fully saturated rings. The Morgan fingerprint density at radius 1 is 1.25 bits per heavy atom. The van der Waals surface area contributed by atoms with Crippen molar-refractivity contribution in [3.8, 4) is 0 Å². The van der Waals surface area contributed by atoms with Crippen molar-refractivity contribution in [1.29, 1.82) is 0 Å². The molecule has 0 bridgehead atoms. The quantitative estimate of drug-likeness (QED) is 0.859. The summed E-state index contributed by atoms with van der Waals surface area (Å²) in [4.78, 5) is 20.2. The van der Waals surface area contributed by atoms with Gasteiger partial charge in [-0.1, -0.05) is 0 Å². The third-order valence-corrected chi connectivity index (χ3v) is 5.37. The van der Waals surface area contributed by atoms with Gasteiger partial charge in [-0.3, -0.25) is 4.79 Å². The number of pyridine rings is 1. The number of carbonyl (C=O) groups is 1. The van der Waals surface area contributed by atoms with Gasteiger partial charge in [0, 0.05) is 30.2 Å². The number of amides is 1. The Morgan fingerprint density at radius 2 is 2.04 bits per heavy atom. The SMILES string of the molecule is CC1CCCCN1C(=O)c1cc(C2CC2)nc2c1cnn2C(C)C. The monoisotopic (exact) mass is 326 g/mol. The van der Waals surface area contributed by atoms with Gasteiger partial charge in [-0.15, -0.1) is 0 Å². The Kier molecular flexibility index (Phi) is 3.82. The van der Waals surface area contributed by atoms with Gasteiger partial charge in [0.05, 0.1) is 17.1 Å². The first-order chi connectivity index (χ1) is 11.6. The second kappa shape index (κ2) is 5.87. The number of hydrogen-bond donors (Lipinski definition) is 0. The maximum Gasteiger partial charge on any atom is 0.254 e. The van der Waals surface area contributed by atoms with Gasteiger partial charge in [-0.25, -0.2) is 9.67 Å². The zero-order valence-corrected chi connectivity index (χ0v) is 14.8. The van der Waals surface area contributed by atoms with Gasteiger partial charge in [0.1, 0.15) is 0 Å². The van der Waals surface area contributed by atoms with Crippen LogP contribution in [-0.4, -0.2) is 38.2 Å². The number of rotatable bonds is 3. The first kappa shape index (κ1) is 15.6.